The zero-order valence-corrected chi connectivity index (χ0v) is 19.6. The summed E-state index contributed by atoms with van der Waals surface area (Å²) in [4.78, 5) is 16.4. The first-order valence-electron chi connectivity index (χ1n) is 12.1. The lowest BCUT2D eigenvalue weighted by atomic mass is 9.98. The maximum atomic E-state index is 11.7. The van der Waals surface area contributed by atoms with Crippen LogP contribution in [0, 0.1) is 0 Å². The highest BCUT2D eigenvalue weighted by Crippen LogP contribution is 2.38. The number of nitrogens with zero attached hydrogens (tertiary/aromatic N) is 1. The van der Waals surface area contributed by atoms with E-state index in [4.69, 9.17) is 9.72 Å². The van der Waals surface area contributed by atoms with Crippen LogP contribution < -0.4 is 10.1 Å². The molecule has 1 fully saturated rings. The largest absolute Gasteiger partial charge is 0.492 e. The van der Waals surface area contributed by atoms with Crippen LogP contribution in [0.5, 0.6) is 5.75 Å². The maximum Gasteiger partial charge on any atom is 0.159 e. The van der Waals surface area contributed by atoms with E-state index in [0.717, 1.165) is 57.4 Å². The molecule has 34 heavy (non-hydrogen) atoms. The Morgan fingerprint density at radius 2 is 1.76 bits per heavy atom. The van der Waals surface area contributed by atoms with Gasteiger partial charge in [0.1, 0.15) is 5.75 Å². The number of hydrogen-bond donors (Lipinski definition) is 1. The van der Waals surface area contributed by atoms with Crippen molar-refractivity contribution in [2.75, 3.05) is 13.2 Å². The van der Waals surface area contributed by atoms with Gasteiger partial charge in [0, 0.05) is 28.8 Å². The SMILES string of the molecule is CC(=O)c1ccc(-c2ccc3ncc(-c4ccccc4)c(OCCC4CCCCN4)c3c2)cc1. The van der Waals surface area contributed by atoms with Crippen LogP contribution >= 0.6 is 0 Å². The van der Waals surface area contributed by atoms with E-state index in [0.29, 0.717) is 12.6 Å². The normalized spacial score (nSPS) is 15.9. The molecular formula is C30H30N2O2. The molecule has 4 heteroatoms. The minimum absolute atomic E-state index is 0.0740. The summed E-state index contributed by atoms with van der Waals surface area (Å²) in [7, 11) is 0. The van der Waals surface area contributed by atoms with Crippen LogP contribution in [0.3, 0.4) is 0 Å². The third-order valence-electron chi connectivity index (χ3n) is 6.65. The molecule has 0 bridgehead atoms. The predicted molar refractivity (Wildman–Crippen MR) is 138 cm³/mol. The molecule has 5 rings (SSSR count). The van der Waals surface area contributed by atoms with Crippen molar-refractivity contribution in [3.8, 4) is 28.0 Å². The number of hydrogen-bond acceptors (Lipinski definition) is 4. The van der Waals surface area contributed by atoms with Gasteiger partial charge in [-0.15, -0.1) is 0 Å². The third kappa shape index (κ3) is 4.87. The van der Waals surface area contributed by atoms with Crippen molar-refractivity contribution in [3.63, 3.8) is 0 Å². The molecule has 2 heterocycles. The van der Waals surface area contributed by atoms with E-state index in [1.165, 1.54) is 19.3 Å². The second-order valence-electron chi connectivity index (χ2n) is 9.02. The van der Waals surface area contributed by atoms with Crippen LogP contribution in [0.4, 0.5) is 0 Å². The molecule has 1 saturated heterocycles. The molecule has 1 aliphatic rings. The highest BCUT2D eigenvalue weighted by molar-refractivity contribution is 5.96. The number of ketones is 1. The van der Waals surface area contributed by atoms with Gasteiger partial charge in [0.25, 0.3) is 0 Å². The molecule has 0 saturated carbocycles. The molecule has 1 atom stereocenters. The molecule has 172 valence electrons. The summed E-state index contributed by atoms with van der Waals surface area (Å²) in [6.45, 7) is 3.35. The number of aromatic nitrogens is 1. The first kappa shape index (κ1) is 22.3. The van der Waals surface area contributed by atoms with E-state index < -0.39 is 0 Å². The molecule has 4 nitrogen and oxygen atoms in total. The van der Waals surface area contributed by atoms with E-state index in [1.54, 1.807) is 6.92 Å². The second kappa shape index (κ2) is 10.2. The number of ether oxygens (including phenoxy) is 1. The molecular weight excluding hydrogens is 420 g/mol. The smallest absolute Gasteiger partial charge is 0.159 e. The van der Waals surface area contributed by atoms with Gasteiger partial charge < -0.3 is 10.1 Å². The Kier molecular flexibility index (Phi) is 6.68. The number of carbonyl (C=O) groups is 1. The number of carbonyl (C=O) groups excluding carboxylic acids is 1. The Bertz CT molecular complexity index is 1280. The molecule has 4 aromatic rings. The molecule has 1 N–H and O–H groups in total. The Morgan fingerprint density at radius 3 is 2.50 bits per heavy atom. The van der Waals surface area contributed by atoms with Crippen LogP contribution in [0.15, 0.2) is 79.0 Å². The van der Waals surface area contributed by atoms with Crippen LogP contribution in [0.1, 0.15) is 43.0 Å². The van der Waals surface area contributed by atoms with Crippen molar-refractivity contribution in [1.29, 1.82) is 0 Å². The summed E-state index contributed by atoms with van der Waals surface area (Å²) >= 11 is 0. The monoisotopic (exact) mass is 450 g/mol. The number of fused-ring (bicyclic) bond motifs is 1. The summed E-state index contributed by atoms with van der Waals surface area (Å²) in [5, 5.41) is 4.62. The molecule has 0 spiro atoms. The average molecular weight is 451 g/mol. The minimum Gasteiger partial charge on any atom is -0.492 e. The van der Waals surface area contributed by atoms with Gasteiger partial charge in [0.05, 0.1) is 12.1 Å². The van der Waals surface area contributed by atoms with Crippen molar-refractivity contribution in [3.05, 3.63) is 84.6 Å². The number of nitrogens with one attached hydrogen (secondary N) is 1. The summed E-state index contributed by atoms with van der Waals surface area (Å²) in [5.74, 6) is 0.958. The summed E-state index contributed by atoms with van der Waals surface area (Å²) < 4.78 is 6.52. The lowest BCUT2D eigenvalue weighted by Gasteiger charge is -2.24. The number of piperidine rings is 1. The average Bonchev–Trinajstić information content (AvgIpc) is 2.89. The van der Waals surface area contributed by atoms with Crippen LogP contribution in [-0.2, 0) is 0 Å². The number of pyridine rings is 1. The van der Waals surface area contributed by atoms with Crippen molar-refractivity contribution < 1.29 is 9.53 Å². The molecule has 0 amide bonds. The van der Waals surface area contributed by atoms with Crippen molar-refractivity contribution in [2.45, 2.75) is 38.6 Å². The topological polar surface area (TPSA) is 51.2 Å². The third-order valence-corrected chi connectivity index (χ3v) is 6.65. The highest BCUT2D eigenvalue weighted by atomic mass is 16.5. The van der Waals surface area contributed by atoms with Gasteiger partial charge >= 0.3 is 0 Å². The highest BCUT2D eigenvalue weighted by Gasteiger charge is 2.16. The van der Waals surface area contributed by atoms with Crippen molar-refractivity contribution >= 4 is 16.7 Å². The van der Waals surface area contributed by atoms with Gasteiger partial charge in [-0.1, -0.05) is 67.1 Å². The number of Topliss-reactive ketones (excluding diaryl/α,β-unsaturated/α-hetero) is 1. The lowest BCUT2D eigenvalue weighted by molar-refractivity contribution is 0.101. The summed E-state index contributed by atoms with van der Waals surface area (Å²) in [6, 6.07) is 24.9. The van der Waals surface area contributed by atoms with Crippen molar-refractivity contribution in [2.24, 2.45) is 0 Å². The first-order valence-corrected chi connectivity index (χ1v) is 12.1. The van der Waals surface area contributed by atoms with E-state index in [-0.39, 0.29) is 5.78 Å². The molecule has 1 unspecified atom stereocenters. The quantitative estimate of drug-likeness (QED) is 0.319. The number of rotatable bonds is 7. The van der Waals surface area contributed by atoms with E-state index in [9.17, 15) is 4.79 Å². The van der Waals surface area contributed by atoms with Crippen LogP contribution in [0.25, 0.3) is 33.2 Å². The number of benzene rings is 3. The predicted octanol–water partition coefficient (Wildman–Crippen LogP) is 6.68. The Morgan fingerprint density at radius 1 is 0.971 bits per heavy atom. The van der Waals surface area contributed by atoms with E-state index in [1.807, 2.05) is 54.7 Å². The van der Waals surface area contributed by atoms with Gasteiger partial charge in [-0.2, -0.15) is 0 Å². The fourth-order valence-electron chi connectivity index (χ4n) is 4.70. The fourth-order valence-corrected chi connectivity index (χ4v) is 4.70. The zero-order valence-electron chi connectivity index (χ0n) is 19.6. The first-order chi connectivity index (χ1) is 16.7. The Labute approximate surface area is 201 Å². The Balaban J connectivity index is 1.52. The minimum atomic E-state index is 0.0740. The molecule has 0 radical (unpaired) electrons. The molecule has 1 aliphatic heterocycles. The summed E-state index contributed by atoms with van der Waals surface area (Å²) in [6.07, 6.45) is 6.68. The van der Waals surface area contributed by atoms with E-state index >= 15 is 0 Å². The fraction of sp³-hybridized carbons (Fsp3) is 0.267. The Hall–Kier alpha value is -3.50. The van der Waals surface area contributed by atoms with Gasteiger partial charge in [-0.3, -0.25) is 9.78 Å². The van der Waals surface area contributed by atoms with Crippen LogP contribution in [-0.4, -0.2) is 30.0 Å². The standard InChI is InChI=1S/C30H30N2O2/c1-21(33)22-10-12-23(13-11-22)25-14-15-29-27(19-25)30(34-18-16-26-9-5-6-17-31-26)28(20-32-29)24-7-3-2-4-8-24/h2-4,7-8,10-15,19-20,26,31H,5-6,9,16-18H2,1H3. The van der Waals surface area contributed by atoms with Gasteiger partial charge in [0.15, 0.2) is 5.78 Å². The lowest BCUT2D eigenvalue weighted by Crippen LogP contribution is -2.35. The van der Waals surface area contributed by atoms with Gasteiger partial charge in [-0.25, -0.2) is 0 Å². The zero-order chi connectivity index (χ0) is 23.3. The van der Waals surface area contributed by atoms with Crippen LogP contribution in [0.2, 0.25) is 0 Å². The molecule has 0 aliphatic carbocycles. The van der Waals surface area contributed by atoms with Gasteiger partial charge in [-0.05, 0) is 61.6 Å². The molecule has 1 aromatic heterocycles. The molecule has 3 aromatic carbocycles. The van der Waals surface area contributed by atoms with Crippen molar-refractivity contribution in [1.82, 2.24) is 10.3 Å². The second-order valence-corrected chi connectivity index (χ2v) is 9.02. The van der Waals surface area contributed by atoms with Gasteiger partial charge in [0.2, 0.25) is 0 Å². The van der Waals surface area contributed by atoms with E-state index in [2.05, 4.69) is 29.6 Å². The summed E-state index contributed by atoms with van der Waals surface area (Å²) in [5.41, 5.74) is 5.88. The maximum absolute atomic E-state index is 11.7.